The van der Waals surface area contributed by atoms with Gasteiger partial charge in [0.2, 0.25) is 0 Å². The second-order valence-electron chi connectivity index (χ2n) is 6.31. The highest BCUT2D eigenvalue weighted by Crippen LogP contribution is 2.36. The zero-order valence-corrected chi connectivity index (χ0v) is 13.4. The third-order valence-corrected chi connectivity index (χ3v) is 4.76. The quantitative estimate of drug-likeness (QED) is 0.814. The molecule has 4 heteroatoms. The fraction of sp³-hybridized carbons (Fsp3) is 0.812. The summed E-state index contributed by atoms with van der Waals surface area (Å²) in [6, 6.07) is 0.590. The highest BCUT2D eigenvalue weighted by atomic mass is 16.5. The number of methoxy groups -OCH3 is 1. The lowest BCUT2D eigenvalue weighted by Gasteiger charge is -2.32. The molecule has 0 bridgehead atoms. The van der Waals surface area contributed by atoms with Crippen LogP contribution in [-0.4, -0.2) is 30.0 Å². The average molecular weight is 279 g/mol. The number of nitrogens with one attached hydrogen (secondary N) is 1. The molecule has 0 aliphatic heterocycles. The van der Waals surface area contributed by atoms with Crippen molar-refractivity contribution in [2.75, 3.05) is 20.3 Å². The van der Waals surface area contributed by atoms with Gasteiger partial charge in [0.05, 0.1) is 18.3 Å². The predicted octanol–water partition coefficient (Wildman–Crippen LogP) is 2.92. The van der Waals surface area contributed by atoms with Gasteiger partial charge in [-0.05, 0) is 38.0 Å². The van der Waals surface area contributed by atoms with Gasteiger partial charge in [-0.3, -0.25) is 4.68 Å². The number of aryl methyl sites for hydroxylation is 1. The predicted molar refractivity (Wildman–Crippen MR) is 81.8 cm³/mol. The smallest absolute Gasteiger partial charge is 0.0638 e. The number of hydrogen-bond acceptors (Lipinski definition) is 3. The molecule has 4 nitrogen and oxygen atoms in total. The van der Waals surface area contributed by atoms with Crippen LogP contribution >= 0.6 is 0 Å². The van der Waals surface area contributed by atoms with Gasteiger partial charge in [-0.1, -0.05) is 13.8 Å². The van der Waals surface area contributed by atoms with Crippen LogP contribution in [0.5, 0.6) is 0 Å². The van der Waals surface area contributed by atoms with Crippen LogP contribution in [0.25, 0.3) is 0 Å². The third kappa shape index (κ3) is 3.83. The molecule has 1 fully saturated rings. The van der Waals surface area contributed by atoms with Crippen molar-refractivity contribution in [1.82, 2.24) is 15.1 Å². The van der Waals surface area contributed by atoms with Crippen molar-refractivity contribution in [1.29, 1.82) is 0 Å². The fourth-order valence-electron chi connectivity index (χ4n) is 3.04. The Balaban J connectivity index is 1.93. The van der Waals surface area contributed by atoms with Crippen LogP contribution < -0.4 is 5.32 Å². The molecule has 0 radical (unpaired) electrons. The van der Waals surface area contributed by atoms with Crippen molar-refractivity contribution in [3.63, 3.8) is 0 Å². The van der Waals surface area contributed by atoms with Gasteiger partial charge >= 0.3 is 0 Å². The molecule has 3 atom stereocenters. The molecule has 3 unspecified atom stereocenters. The minimum absolute atomic E-state index is 0.590. The lowest BCUT2D eigenvalue weighted by atomic mass is 9.79. The minimum atomic E-state index is 0.590. The van der Waals surface area contributed by atoms with Crippen molar-refractivity contribution in [3.8, 4) is 0 Å². The van der Waals surface area contributed by atoms with Gasteiger partial charge in [-0.25, -0.2) is 0 Å². The third-order valence-electron chi connectivity index (χ3n) is 4.76. The maximum absolute atomic E-state index is 5.05. The van der Waals surface area contributed by atoms with E-state index in [9.17, 15) is 0 Å². The standard InChI is InChI=1S/C16H29N3O/c1-12-5-6-16(9-13(12)2)19-11-15(14(3)18-19)10-17-7-8-20-4/h11-13,16-17H,5-10H2,1-4H3. The Morgan fingerprint density at radius 3 is 2.85 bits per heavy atom. The number of rotatable bonds is 6. The molecular weight excluding hydrogens is 250 g/mol. The van der Waals surface area contributed by atoms with Crippen molar-refractivity contribution in [2.24, 2.45) is 11.8 Å². The largest absolute Gasteiger partial charge is 0.383 e. The Labute approximate surface area is 122 Å². The molecule has 2 rings (SSSR count). The highest BCUT2D eigenvalue weighted by Gasteiger charge is 2.26. The monoisotopic (exact) mass is 279 g/mol. The van der Waals surface area contributed by atoms with Gasteiger partial charge in [0, 0.05) is 32.0 Å². The Hall–Kier alpha value is -0.870. The summed E-state index contributed by atoms with van der Waals surface area (Å²) in [5.74, 6) is 1.67. The highest BCUT2D eigenvalue weighted by molar-refractivity contribution is 5.15. The maximum Gasteiger partial charge on any atom is 0.0638 e. The van der Waals surface area contributed by atoms with E-state index in [0.717, 1.165) is 37.2 Å². The fourth-order valence-corrected chi connectivity index (χ4v) is 3.04. The molecule has 1 N–H and O–H groups in total. The summed E-state index contributed by atoms with van der Waals surface area (Å²) in [4.78, 5) is 0. The molecule has 1 heterocycles. The Bertz CT molecular complexity index is 416. The molecule has 1 aromatic heterocycles. The van der Waals surface area contributed by atoms with Crippen molar-refractivity contribution in [2.45, 2.75) is 52.6 Å². The maximum atomic E-state index is 5.05. The molecular formula is C16H29N3O. The van der Waals surface area contributed by atoms with Gasteiger partial charge in [0.1, 0.15) is 0 Å². The summed E-state index contributed by atoms with van der Waals surface area (Å²) in [5, 5.41) is 8.14. The van der Waals surface area contributed by atoms with Gasteiger partial charge in [-0.15, -0.1) is 0 Å². The summed E-state index contributed by atoms with van der Waals surface area (Å²) in [7, 11) is 1.73. The molecule has 1 aliphatic rings. The first-order valence-corrected chi connectivity index (χ1v) is 7.86. The molecule has 1 aromatic rings. The van der Waals surface area contributed by atoms with Crippen LogP contribution in [0.2, 0.25) is 0 Å². The number of nitrogens with zero attached hydrogens (tertiary/aromatic N) is 2. The molecule has 1 saturated carbocycles. The first kappa shape index (κ1) is 15.5. The van der Waals surface area contributed by atoms with Crippen molar-refractivity contribution < 1.29 is 4.74 Å². The molecule has 0 amide bonds. The SMILES string of the molecule is COCCNCc1cn(C2CCC(C)C(C)C2)nc1C. The van der Waals surface area contributed by atoms with Gasteiger partial charge in [-0.2, -0.15) is 5.10 Å². The second-order valence-corrected chi connectivity index (χ2v) is 6.31. The number of aromatic nitrogens is 2. The van der Waals surface area contributed by atoms with Gasteiger partial charge in [0.15, 0.2) is 0 Å². The van der Waals surface area contributed by atoms with E-state index in [1.807, 2.05) is 0 Å². The van der Waals surface area contributed by atoms with E-state index in [2.05, 4.69) is 37.0 Å². The zero-order chi connectivity index (χ0) is 14.5. The van der Waals surface area contributed by atoms with E-state index in [1.54, 1.807) is 7.11 Å². The summed E-state index contributed by atoms with van der Waals surface area (Å²) in [5.41, 5.74) is 2.47. The molecule has 0 aromatic carbocycles. The van der Waals surface area contributed by atoms with E-state index in [-0.39, 0.29) is 0 Å². The van der Waals surface area contributed by atoms with Gasteiger partial charge < -0.3 is 10.1 Å². The molecule has 1 aliphatic carbocycles. The van der Waals surface area contributed by atoms with Crippen LogP contribution in [0.15, 0.2) is 6.20 Å². The zero-order valence-electron chi connectivity index (χ0n) is 13.4. The van der Waals surface area contributed by atoms with Crippen LogP contribution in [0, 0.1) is 18.8 Å². The average Bonchev–Trinajstić information content (AvgIpc) is 2.79. The summed E-state index contributed by atoms with van der Waals surface area (Å²) in [6.07, 6.45) is 6.09. The molecule has 0 saturated heterocycles. The second kappa shape index (κ2) is 7.23. The van der Waals surface area contributed by atoms with Crippen LogP contribution in [0.4, 0.5) is 0 Å². The van der Waals surface area contributed by atoms with Crippen molar-refractivity contribution in [3.05, 3.63) is 17.5 Å². The lowest BCUT2D eigenvalue weighted by Crippen LogP contribution is -2.23. The van der Waals surface area contributed by atoms with Crippen LogP contribution in [-0.2, 0) is 11.3 Å². The Kier molecular flexibility index (Phi) is 5.61. The van der Waals surface area contributed by atoms with E-state index < -0.39 is 0 Å². The van der Waals surface area contributed by atoms with Crippen LogP contribution in [0.3, 0.4) is 0 Å². The summed E-state index contributed by atoms with van der Waals surface area (Å²) < 4.78 is 7.26. The van der Waals surface area contributed by atoms with Crippen molar-refractivity contribution >= 4 is 0 Å². The minimum Gasteiger partial charge on any atom is -0.383 e. The van der Waals surface area contributed by atoms with Crippen LogP contribution in [0.1, 0.15) is 50.4 Å². The first-order chi connectivity index (χ1) is 9.61. The normalized spacial score (nSPS) is 26.9. The number of hydrogen-bond donors (Lipinski definition) is 1. The van der Waals surface area contributed by atoms with E-state index >= 15 is 0 Å². The van der Waals surface area contributed by atoms with E-state index in [0.29, 0.717) is 6.04 Å². The summed E-state index contributed by atoms with van der Waals surface area (Å²) >= 11 is 0. The number of ether oxygens (including phenoxy) is 1. The van der Waals surface area contributed by atoms with E-state index in [1.165, 1.54) is 24.8 Å². The van der Waals surface area contributed by atoms with E-state index in [4.69, 9.17) is 9.84 Å². The summed E-state index contributed by atoms with van der Waals surface area (Å²) in [6.45, 7) is 9.39. The first-order valence-electron chi connectivity index (χ1n) is 7.86. The van der Waals surface area contributed by atoms with Gasteiger partial charge in [0.25, 0.3) is 0 Å². The topological polar surface area (TPSA) is 39.1 Å². The lowest BCUT2D eigenvalue weighted by molar-refractivity contribution is 0.199. The molecule has 20 heavy (non-hydrogen) atoms. The Morgan fingerprint density at radius 2 is 2.15 bits per heavy atom. The Morgan fingerprint density at radius 1 is 1.35 bits per heavy atom. The molecule has 114 valence electrons. The molecule has 0 spiro atoms.